The summed E-state index contributed by atoms with van der Waals surface area (Å²) in [5, 5.41) is 3.73. The molecule has 0 radical (unpaired) electrons. The Morgan fingerprint density at radius 1 is 1.00 bits per heavy atom. The van der Waals surface area contributed by atoms with E-state index in [1.54, 1.807) is 0 Å². The van der Waals surface area contributed by atoms with Crippen molar-refractivity contribution < 1.29 is 9.47 Å². The maximum atomic E-state index is 6.21. The molecular formula is C13H23NO2. The van der Waals surface area contributed by atoms with Crippen molar-refractivity contribution in [1.82, 2.24) is 5.32 Å². The number of hydrogen-bond donors (Lipinski definition) is 1. The van der Waals surface area contributed by atoms with Gasteiger partial charge in [0.1, 0.15) is 0 Å². The minimum Gasteiger partial charge on any atom is -0.381 e. The maximum Gasteiger partial charge on any atom is 0.0860 e. The van der Waals surface area contributed by atoms with Crippen molar-refractivity contribution in [1.29, 1.82) is 0 Å². The first kappa shape index (κ1) is 11.0. The van der Waals surface area contributed by atoms with E-state index in [1.165, 1.54) is 25.7 Å². The molecular weight excluding hydrogens is 202 g/mol. The van der Waals surface area contributed by atoms with Gasteiger partial charge in [0.05, 0.1) is 12.2 Å². The fourth-order valence-electron chi connectivity index (χ4n) is 3.51. The minimum atomic E-state index is 0.0971. The predicted octanol–water partition coefficient (Wildman–Crippen LogP) is 1.71. The second kappa shape index (κ2) is 4.63. The lowest BCUT2D eigenvalue weighted by molar-refractivity contribution is -0.127. The first-order valence-corrected chi connectivity index (χ1v) is 6.86. The molecule has 0 aromatic heterocycles. The van der Waals surface area contributed by atoms with Crippen molar-refractivity contribution >= 4 is 0 Å². The van der Waals surface area contributed by atoms with Crippen LogP contribution in [0.5, 0.6) is 0 Å². The van der Waals surface area contributed by atoms with Crippen molar-refractivity contribution in [3.05, 3.63) is 0 Å². The fraction of sp³-hybridized carbons (Fsp3) is 1.00. The molecule has 3 nitrogen and oxygen atoms in total. The molecule has 3 heteroatoms. The summed E-state index contributed by atoms with van der Waals surface area (Å²) in [6.07, 6.45) is 7.62. The first-order valence-electron chi connectivity index (χ1n) is 6.86. The molecule has 1 N–H and O–H groups in total. The Bertz CT molecular complexity index is 232. The number of hydrogen-bond acceptors (Lipinski definition) is 3. The number of morpholine rings is 1. The molecule has 92 valence electrons. The van der Waals surface area contributed by atoms with E-state index in [1.807, 2.05) is 0 Å². The van der Waals surface area contributed by atoms with Gasteiger partial charge in [0.25, 0.3) is 0 Å². The molecule has 2 aliphatic heterocycles. The molecule has 2 saturated heterocycles. The standard InChI is InChI=1S/C13H23NO2/c1-3-11(4-1)12-13(16-10-7-14-12)5-2-8-15-9-6-13/h11-12,14H,1-10H2. The van der Waals surface area contributed by atoms with Crippen LogP contribution in [0.25, 0.3) is 0 Å². The lowest BCUT2D eigenvalue weighted by atomic mass is 9.70. The fourth-order valence-corrected chi connectivity index (χ4v) is 3.51. The van der Waals surface area contributed by atoms with E-state index >= 15 is 0 Å². The van der Waals surface area contributed by atoms with Crippen LogP contribution in [0.15, 0.2) is 0 Å². The molecule has 0 aromatic carbocycles. The smallest absolute Gasteiger partial charge is 0.0860 e. The summed E-state index contributed by atoms with van der Waals surface area (Å²) in [6, 6.07) is 0.594. The summed E-state index contributed by atoms with van der Waals surface area (Å²) in [5.74, 6) is 0.860. The molecule has 1 saturated carbocycles. The second-order valence-electron chi connectivity index (χ2n) is 5.50. The number of nitrogens with one attached hydrogen (secondary N) is 1. The van der Waals surface area contributed by atoms with Gasteiger partial charge in [-0.2, -0.15) is 0 Å². The van der Waals surface area contributed by atoms with Crippen LogP contribution in [0.1, 0.15) is 38.5 Å². The SMILES string of the molecule is C1CC(C2NCCOC23CCCOCC3)C1. The Kier molecular flexibility index (Phi) is 3.18. The third-order valence-electron chi connectivity index (χ3n) is 4.60. The molecule has 1 aliphatic carbocycles. The van der Waals surface area contributed by atoms with Gasteiger partial charge in [-0.05, 0) is 31.6 Å². The monoisotopic (exact) mass is 225 g/mol. The van der Waals surface area contributed by atoms with Gasteiger partial charge >= 0.3 is 0 Å². The van der Waals surface area contributed by atoms with Gasteiger partial charge in [0.15, 0.2) is 0 Å². The molecule has 1 spiro atoms. The topological polar surface area (TPSA) is 30.5 Å². The van der Waals surface area contributed by atoms with Crippen molar-refractivity contribution in [2.75, 3.05) is 26.4 Å². The van der Waals surface area contributed by atoms with Gasteiger partial charge < -0.3 is 14.8 Å². The highest BCUT2D eigenvalue weighted by Gasteiger charge is 2.47. The van der Waals surface area contributed by atoms with Gasteiger partial charge in [-0.1, -0.05) is 6.42 Å². The summed E-state index contributed by atoms with van der Waals surface area (Å²) in [5.41, 5.74) is 0.0971. The van der Waals surface area contributed by atoms with Crippen LogP contribution in [0.3, 0.4) is 0 Å². The highest BCUT2D eigenvalue weighted by atomic mass is 16.5. The lowest BCUT2D eigenvalue weighted by Gasteiger charge is -2.50. The minimum absolute atomic E-state index is 0.0971. The number of ether oxygens (including phenoxy) is 2. The van der Waals surface area contributed by atoms with E-state index in [-0.39, 0.29) is 5.60 Å². The average molecular weight is 225 g/mol. The lowest BCUT2D eigenvalue weighted by Crippen LogP contribution is -2.62. The molecule has 0 aromatic rings. The highest BCUT2D eigenvalue weighted by Crippen LogP contribution is 2.41. The van der Waals surface area contributed by atoms with E-state index in [9.17, 15) is 0 Å². The van der Waals surface area contributed by atoms with E-state index in [0.29, 0.717) is 6.04 Å². The molecule has 3 rings (SSSR count). The Hall–Kier alpha value is -0.120. The molecule has 3 fully saturated rings. The summed E-state index contributed by atoms with van der Waals surface area (Å²) >= 11 is 0. The summed E-state index contributed by atoms with van der Waals surface area (Å²) in [6.45, 7) is 3.71. The molecule has 0 amide bonds. The highest BCUT2D eigenvalue weighted by molar-refractivity contribution is 5.01. The zero-order valence-corrected chi connectivity index (χ0v) is 10.0. The third-order valence-corrected chi connectivity index (χ3v) is 4.60. The molecule has 2 unspecified atom stereocenters. The van der Waals surface area contributed by atoms with Crippen LogP contribution < -0.4 is 5.32 Å². The predicted molar refractivity (Wildman–Crippen MR) is 62.5 cm³/mol. The van der Waals surface area contributed by atoms with Crippen molar-refractivity contribution in [3.63, 3.8) is 0 Å². The van der Waals surface area contributed by atoms with Crippen LogP contribution in [-0.2, 0) is 9.47 Å². The van der Waals surface area contributed by atoms with Crippen LogP contribution in [0.4, 0.5) is 0 Å². The quantitative estimate of drug-likeness (QED) is 0.737. The van der Waals surface area contributed by atoms with Crippen LogP contribution in [-0.4, -0.2) is 38.0 Å². The normalized spacial score (nSPS) is 41.6. The second-order valence-corrected chi connectivity index (χ2v) is 5.50. The van der Waals surface area contributed by atoms with Gasteiger partial charge in [0.2, 0.25) is 0 Å². The molecule has 2 heterocycles. The van der Waals surface area contributed by atoms with Crippen LogP contribution in [0.2, 0.25) is 0 Å². The summed E-state index contributed by atoms with van der Waals surface area (Å²) in [4.78, 5) is 0. The average Bonchev–Trinajstić information content (AvgIpc) is 2.46. The van der Waals surface area contributed by atoms with Crippen molar-refractivity contribution in [2.45, 2.75) is 50.2 Å². The van der Waals surface area contributed by atoms with Gasteiger partial charge in [-0.15, -0.1) is 0 Å². The summed E-state index contributed by atoms with van der Waals surface area (Å²) < 4.78 is 11.8. The van der Waals surface area contributed by atoms with Gasteiger partial charge in [-0.25, -0.2) is 0 Å². The molecule has 16 heavy (non-hydrogen) atoms. The molecule has 0 bridgehead atoms. The third kappa shape index (κ3) is 1.89. The maximum absolute atomic E-state index is 6.21. The van der Waals surface area contributed by atoms with E-state index < -0.39 is 0 Å². The Labute approximate surface area is 97.9 Å². The Morgan fingerprint density at radius 2 is 1.94 bits per heavy atom. The van der Waals surface area contributed by atoms with Crippen LogP contribution >= 0.6 is 0 Å². The first-order chi connectivity index (χ1) is 7.91. The Balaban J connectivity index is 1.76. The molecule has 2 atom stereocenters. The van der Waals surface area contributed by atoms with Crippen LogP contribution in [0, 0.1) is 5.92 Å². The zero-order valence-electron chi connectivity index (χ0n) is 10.0. The largest absolute Gasteiger partial charge is 0.381 e. The van der Waals surface area contributed by atoms with Crippen molar-refractivity contribution in [3.8, 4) is 0 Å². The van der Waals surface area contributed by atoms with Gasteiger partial charge in [-0.3, -0.25) is 0 Å². The molecule has 3 aliphatic rings. The van der Waals surface area contributed by atoms with Gasteiger partial charge in [0, 0.05) is 32.2 Å². The van der Waals surface area contributed by atoms with E-state index in [0.717, 1.165) is 45.1 Å². The number of rotatable bonds is 1. The van der Waals surface area contributed by atoms with E-state index in [2.05, 4.69) is 5.32 Å². The Morgan fingerprint density at radius 3 is 2.75 bits per heavy atom. The van der Waals surface area contributed by atoms with Crippen molar-refractivity contribution in [2.24, 2.45) is 5.92 Å². The zero-order chi connectivity index (χ0) is 10.8. The van der Waals surface area contributed by atoms with E-state index in [4.69, 9.17) is 9.47 Å². The summed E-state index contributed by atoms with van der Waals surface area (Å²) in [7, 11) is 0.